The Hall–Kier alpha value is -0.0800. The third-order valence-corrected chi connectivity index (χ3v) is 6.53. The molecule has 5 rings (SSSR count). The summed E-state index contributed by atoms with van der Waals surface area (Å²) < 4.78 is 0. The van der Waals surface area contributed by atoms with Gasteiger partial charge in [0.1, 0.15) is 0 Å². The number of nitrogens with zero attached hydrogens (tertiary/aromatic N) is 1. The maximum Gasteiger partial charge on any atom is 0.0252 e. The molecule has 1 aliphatic heterocycles. The third kappa shape index (κ3) is 1.76. The zero-order chi connectivity index (χ0) is 12.2. The smallest absolute Gasteiger partial charge is 0.0252 e. The van der Waals surface area contributed by atoms with Crippen LogP contribution in [0, 0.1) is 23.2 Å². The van der Waals surface area contributed by atoms with Crippen molar-refractivity contribution >= 4 is 0 Å². The SMILES string of the molecule is CCN1CCNC(C23CC4CC(CC(C4)C2)C3)C1. The molecule has 2 heteroatoms. The molecule has 1 heterocycles. The molecular formula is C16H28N2. The molecule has 2 nitrogen and oxygen atoms in total. The predicted molar refractivity (Wildman–Crippen MR) is 74.5 cm³/mol. The van der Waals surface area contributed by atoms with Gasteiger partial charge in [-0.1, -0.05) is 6.92 Å². The van der Waals surface area contributed by atoms with E-state index in [0.717, 1.165) is 23.8 Å². The number of hydrogen-bond donors (Lipinski definition) is 1. The molecule has 5 aliphatic rings. The second kappa shape index (κ2) is 4.21. The Morgan fingerprint density at radius 1 is 1.06 bits per heavy atom. The van der Waals surface area contributed by atoms with E-state index in [9.17, 15) is 0 Å². The quantitative estimate of drug-likeness (QED) is 0.808. The van der Waals surface area contributed by atoms with Crippen LogP contribution in [-0.4, -0.2) is 37.1 Å². The Morgan fingerprint density at radius 2 is 1.67 bits per heavy atom. The number of hydrogen-bond acceptors (Lipinski definition) is 2. The van der Waals surface area contributed by atoms with E-state index in [1.165, 1.54) is 26.2 Å². The van der Waals surface area contributed by atoms with E-state index in [1.54, 1.807) is 38.5 Å². The fourth-order valence-corrected chi connectivity index (χ4v) is 6.11. The zero-order valence-corrected chi connectivity index (χ0v) is 11.8. The van der Waals surface area contributed by atoms with E-state index in [-0.39, 0.29) is 0 Å². The van der Waals surface area contributed by atoms with Crippen LogP contribution in [0.25, 0.3) is 0 Å². The Kier molecular flexibility index (Phi) is 2.74. The van der Waals surface area contributed by atoms with Gasteiger partial charge in [-0.15, -0.1) is 0 Å². The lowest BCUT2D eigenvalue weighted by Crippen LogP contribution is -2.62. The Labute approximate surface area is 111 Å². The van der Waals surface area contributed by atoms with E-state index in [1.807, 2.05) is 0 Å². The predicted octanol–water partition coefficient (Wildman–Crippen LogP) is 2.50. The summed E-state index contributed by atoms with van der Waals surface area (Å²) in [5.41, 5.74) is 0.697. The van der Waals surface area contributed by atoms with Crippen LogP contribution >= 0.6 is 0 Å². The Morgan fingerprint density at radius 3 is 2.22 bits per heavy atom. The molecule has 0 aromatic rings. The number of rotatable bonds is 2. The number of piperazine rings is 1. The van der Waals surface area contributed by atoms with E-state index in [0.29, 0.717) is 5.41 Å². The average Bonchev–Trinajstić information content (AvgIpc) is 2.37. The first-order valence-electron chi connectivity index (χ1n) is 8.23. The van der Waals surface area contributed by atoms with E-state index >= 15 is 0 Å². The number of likely N-dealkylation sites (N-methyl/N-ethyl adjacent to an activating group) is 1. The highest BCUT2D eigenvalue weighted by atomic mass is 15.2. The summed E-state index contributed by atoms with van der Waals surface area (Å²) in [6, 6.07) is 0.805. The van der Waals surface area contributed by atoms with Crippen LogP contribution in [0.5, 0.6) is 0 Å². The molecule has 1 atom stereocenters. The largest absolute Gasteiger partial charge is 0.311 e. The second-order valence-electron chi connectivity index (χ2n) is 7.68. The molecular weight excluding hydrogens is 220 g/mol. The van der Waals surface area contributed by atoms with Crippen molar-refractivity contribution < 1.29 is 0 Å². The van der Waals surface area contributed by atoms with Gasteiger partial charge in [-0.3, -0.25) is 0 Å². The maximum absolute atomic E-state index is 3.90. The molecule has 0 aromatic carbocycles. The normalized spacial score (nSPS) is 51.8. The van der Waals surface area contributed by atoms with E-state index < -0.39 is 0 Å². The molecule has 1 saturated heterocycles. The molecule has 1 N–H and O–H groups in total. The zero-order valence-electron chi connectivity index (χ0n) is 11.8. The van der Waals surface area contributed by atoms with Crippen molar-refractivity contribution in [2.45, 2.75) is 51.5 Å². The van der Waals surface area contributed by atoms with Gasteiger partial charge < -0.3 is 10.2 Å². The van der Waals surface area contributed by atoms with Crippen LogP contribution in [0.4, 0.5) is 0 Å². The van der Waals surface area contributed by atoms with Crippen molar-refractivity contribution in [1.82, 2.24) is 10.2 Å². The van der Waals surface area contributed by atoms with Gasteiger partial charge >= 0.3 is 0 Å². The van der Waals surface area contributed by atoms with Crippen molar-refractivity contribution in [3.63, 3.8) is 0 Å². The lowest BCUT2D eigenvalue weighted by molar-refractivity contribution is -0.0835. The molecule has 0 radical (unpaired) electrons. The van der Waals surface area contributed by atoms with E-state index in [4.69, 9.17) is 0 Å². The molecule has 0 aromatic heterocycles. The van der Waals surface area contributed by atoms with Gasteiger partial charge in [-0.2, -0.15) is 0 Å². The minimum atomic E-state index is 0.697. The van der Waals surface area contributed by atoms with Gasteiger partial charge in [-0.25, -0.2) is 0 Å². The van der Waals surface area contributed by atoms with Crippen molar-refractivity contribution in [1.29, 1.82) is 0 Å². The lowest BCUT2D eigenvalue weighted by atomic mass is 9.47. The molecule has 4 saturated carbocycles. The summed E-state index contributed by atoms with van der Waals surface area (Å²) in [6.45, 7) is 7.37. The summed E-state index contributed by atoms with van der Waals surface area (Å²) in [5.74, 6) is 3.28. The van der Waals surface area contributed by atoms with Gasteiger partial charge in [-0.05, 0) is 68.2 Å². The highest BCUT2D eigenvalue weighted by molar-refractivity contribution is 5.07. The molecule has 4 bridgehead atoms. The molecule has 102 valence electrons. The summed E-state index contributed by atoms with van der Waals surface area (Å²) in [6.07, 6.45) is 9.37. The third-order valence-electron chi connectivity index (χ3n) is 6.53. The standard InChI is InChI=1S/C16H28N2/c1-2-18-4-3-17-15(11-18)16-8-12-5-13(9-16)7-14(6-12)10-16/h12-15,17H,2-11H2,1H3. The highest BCUT2D eigenvalue weighted by Crippen LogP contribution is 2.61. The summed E-state index contributed by atoms with van der Waals surface area (Å²) >= 11 is 0. The molecule has 0 amide bonds. The van der Waals surface area contributed by atoms with Crippen LogP contribution in [-0.2, 0) is 0 Å². The summed E-state index contributed by atoms with van der Waals surface area (Å²) in [4.78, 5) is 2.67. The summed E-state index contributed by atoms with van der Waals surface area (Å²) in [5, 5.41) is 3.90. The van der Waals surface area contributed by atoms with Gasteiger partial charge in [0.15, 0.2) is 0 Å². The molecule has 1 unspecified atom stereocenters. The molecule has 4 aliphatic carbocycles. The maximum atomic E-state index is 3.90. The van der Waals surface area contributed by atoms with Crippen LogP contribution in [0.1, 0.15) is 45.4 Å². The topological polar surface area (TPSA) is 15.3 Å². The van der Waals surface area contributed by atoms with Gasteiger partial charge in [0.25, 0.3) is 0 Å². The molecule has 0 spiro atoms. The van der Waals surface area contributed by atoms with Crippen molar-refractivity contribution in [2.75, 3.05) is 26.2 Å². The van der Waals surface area contributed by atoms with Crippen molar-refractivity contribution in [3.05, 3.63) is 0 Å². The first-order valence-corrected chi connectivity index (χ1v) is 8.23. The minimum absolute atomic E-state index is 0.697. The summed E-state index contributed by atoms with van der Waals surface area (Å²) in [7, 11) is 0. The Balaban J connectivity index is 1.56. The lowest BCUT2D eigenvalue weighted by Gasteiger charge is -2.60. The van der Waals surface area contributed by atoms with Crippen LogP contribution in [0.2, 0.25) is 0 Å². The fourth-order valence-electron chi connectivity index (χ4n) is 6.11. The second-order valence-corrected chi connectivity index (χ2v) is 7.68. The first-order chi connectivity index (χ1) is 8.77. The van der Waals surface area contributed by atoms with Gasteiger partial charge in [0, 0.05) is 25.7 Å². The Bertz CT molecular complexity index is 290. The fraction of sp³-hybridized carbons (Fsp3) is 1.00. The van der Waals surface area contributed by atoms with Crippen LogP contribution in [0.3, 0.4) is 0 Å². The van der Waals surface area contributed by atoms with Gasteiger partial charge in [0.05, 0.1) is 0 Å². The van der Waals surface area contributed by atoms with Gasteiger partial charge in [0.2, 0.25) is 0 Å². The first kappa shape index (κ1) is 11.7. The number of nitrogens with one attached hydrogen (secondary N) is 1. The average molecular weight is 248 g/mol. The molecule has 5 fully saturated rings. The highest BCUT2D eigenvalue weighted by Gasteiger charge is 2.54. The molecule has 18 heavy (non-hydrogen) atoms. The van der Waals surface area contributed by atoms with Crippen LogP contribution in [0.15, 0.2) is 0 Å². The minimum Gasteiger partial charge on any atom is -0.311 e. The van der Waals surface area contributed by atoms with Crippen molar-refractivity contribution in [3.8, 4) is 0 Å². The monoisotopic (exact) mass is 248 g/mol. The van der Waals surface area contributed by atoms with Crippen LogP contribution < -0.4 is 5.32 Å². The van der Waals surface area contributed by atoms with Crippen molar-refractivity contribution in [2.24, 2.45) is 23.2 Å². The van der Waals surface area contributed by atoms with E-state index in [2.05, 4.69) is 17.1 Å².